The molecule has 8 nitrogen and oxygen atoms in total. The third kappa shape index (κ3) is 5.23. The van der Waals surface area contributed by atoms with Gasteiger partial charge in [-0.05, 0) is 72.5 Å². The molecule has 1 atom stereocenters. The number of benzene rings is 1. The van der Waals surface area contributed by atoms with Crippen molar-refractivity contribution in [2.75, 3.05) is 13.2 Å². The molecule has 1 aromatic carbocycles. The zero-order valence-corrected chi connectivity index (χ0v) is 20.8. The maximum absolute atomic E-state index is 13.1. The van der Waals surface area contributed by atoms with Gasteiger partial charge in [0, 0.05) is 25.3 Å². The number of tetrazole rings is 1. The molecule has 1 aliphatic rings. The normalized spacial score (nSPS) is 15.9. The number of aliphatic hydroxyl groups is 1. The summed E-state index contributed by atoms with van der Waals surface area (Å²) in [5, 5.41) is 23.6. The van der Waals surface area contributed by atoms with Crippen LogP contribution in [-0.4, -0.2) is 48.3 Å². The molecule has 1 aliphatic carbocycles. The van der Waals surface area contributed by atoms with E-state index in [0.717, 1.165) is 59.1 Å². The number of H-pyrrole nitrogens is 1. The highest BCUT2D eigenvalue weighted by Crippen LogP contribution is 2.32. The second kappa shape index (κ2) is 11.2. The van der Waals surface area contributed by atoms with E-state index in [1.165, 1.54) is 19.3 Å². The van der Waals surface area contributed by atoms with Crippen molar-refractivity contribution in [2.24, 2.45) is 0 Å². The summed E-state index contributed by atoms with van der Waals surface area (Å²) in [6.45, 7) is 7.53. The van der Waals surface area contributed by atoms with Crippen LogP contribution in [0.1, 0.15) is 92.9 Å². The molecule has 0 unspecified atom stereocenters. The van der Waals surface area contributed by atoms with Crippen LogP contribution in [0.25, 0.3) is 10.9 Å². The Kier molecular flexibility index (Phi) is 8.11. The summed E-state index contributed by atoms with van der Waals surface area (Å²) in [7, 11) is 0. The molecule has 0 aliphatic heterocycles. The molecule has 4 rings (SSSR count). The van der Waals surface area contributed by atoms with Gasteiger partial charge in [0.2, 0.25) is 0 Å². The van der Waals surface area contributed by atoms with Crippen LogP contribution in [0, 0.1) is 13.8 Å². The summed E-state index contributed by atoms with van der Waals surface area (Å²) >= 11 is 0. The second-order valence-corrected chi connectivity index (χ2v) is 9.72. The number of pyridine rings is 1. The molecule has 2 heterocycles. The minimum atomic E-state index is -0.0580. The van der Waals surface area contributed by atoms with Gasteiger partial charge >= 0.3 is 0 Å². The highest BCUT2D eigenvalue weighted by atomic mass is 16.3. The molecule has 0 spiro atoms. The quantitative estimate of drug-likeness (QED) is 0.460. The third-order valence-electron chi connectivity index (χ3n) is 7.34. The van der Waals surface area contributed by atoms with E-state index in [0.29, 0.717) is 25.6 Å². The molecular formula is C26H38N6O2. The molecule has 2 aromatic heterocycles. The van der Waals surface area contributed by atoms with E-state index in [-0.39, 0.29) is 18.2 Å². The first-order chi connectivity index (χ1) is 16.5. The van der Waals surface area contributed by atoms with E-state index in [2.05, 4.69) is 51.4 Å². The van der Waals surface area contributed by atoms with E-state index in [4.69, 9.17) is 0 Å². The number of hydrogen-bond acceptors (Lipinski definition) is 6. The molecule has 0 saturated heterocycles. The Morgan fingerprint density at radius 2 is 2.03 bits per heavy atom. The van der Waals surface area contributed by atoms with E-state index in [1.54, 1.807) is 0 Å². The van der Waals surface area contributed by atoms with Gasteiger partial charge in [0.05, 0.1) is 17.6 Å². The zero-order chi connectivity index (χ0) is 24.1. The Bertz CT molecular complexity index is 1150. The van der Waals surface area contributed by atoms with Crippen molar-refractivity contribution in [1.29, 1.82) is 0 Å². The van der Waals surface area contributed by atoms with E-state index in [1.807, 2.05) is 17.7 Å². The van der Waals surface area contributed by atoms with Crippen LogP contribution in [0.5, 0.6) is 0 Å². The van der Waals surface area contributed by atoms with Crippen molar-refractivity contribution >= 4 is 10.9 Å². The fraction of sp³-hybridized carbons (Fsp3) is 0.615. The summed E-state index contributed by atoms with van der Waals surface area (Å²) in [4.78, 5) is 18.5. The van der Waals surface area contributed by atoms with Gasteiger partial charge in [0.1, 0.15) is 0 Å². The maximum Gasteiger partial charge on any atom is 0.252 e. The Balaban J connectivity index is 1.69. The maximum atomic E-state index is 13.1. The van der Waals surface area contributed by atoms with E-state index >= 15 is 0 Å². The molecule has 34 heavy (non-hydrogen) atoms. The Labute approximate surface area is 201 Å². The lowest BCUT2D eigenvalue weighted by atomic mass is 9.95. The first-order valence-electron chi connectivity index (χ1n) is 12.8. The topological polar surface area (TPSA) is 99.9 Å². The Hall–Kier alpha value is -2.58. The van der Waals surface area contributed by atoms with Crippen molar-refractivity contribution in [3.05, 3.63) is 51.1 Å². The molecule has 3 aromatic rings. The lowest BCUT2D eigenvalue weighted by molar-refractivity contribution is 0.143. The Morgan fingerprint density at radius 1 is 1.24 bits per heavy atom. The minimum absolute atomic E-state index is 0.0108. The van der Waals surface area contributed by atoms with Gasteiger partial charge in [-0.25, -0.2) is 4.68 Å². The van der Waals surface area contributed by atoms with Gasteiger partial charge in [0.25, 0.3) is 5.56 Å². The second-order valence-electron chi connectivity index (χ2n) is 9.72. The summed E-state index contributed by atoms with van der Waals surface area (Å²) in [6, 6.07) is 6.51. The van der Waals surface area contributed by atoms with Crippen LogP contribution >= 0.6 is 0 Å². The number of fused-ring (bicyclic) bond motifs is 1. The SMILES string of the molecule is CCC[C@@H](c1nnnn1C1CCCCC1)N(CCCO)Cc1cc2ccc(C)c(C)c2[nH]c1=O. The summed E-state index contributed by atoms with van der Waals surface area (Å²) in [5.41, 5.74) is 3.85. The number of nitrogens with zero attached hydrogens (tertiary/aromatic N) is 5. The highest BCUT2D eigenvalue weighted by Gasteiger charge is 2.29. The van der Waals surface area contributed by atoms with Crippen molar-refractivity contribution in [2.45, 2.75) is 90.8 Å². The minimum Gasteiger partial charge on any atom is -0.396 e. The largest absolute Gasteiger partial charge is 0.396 e. The molecule has 0 radical (unpaired) electrons. The third-order valence-corrected chi connectivity index (χ3v) is 7.34. The fourth-order valence-corrected chi connectivity index (χ4v) is 5.28. The van der Waals surface area contributed by atoms with Crippen LogP contribution in [0.2, 0.25) is 0 Å². The first-order valence-corrected chi connectivity index (χ1v) is 12.8. The zero-order valence-electron chi connectivity index (χ0n) is 20.8. The highest BCUT2D eigenvalue weighted by molar-refractivity contribution is 5.83. The Morgan fingerprint density at radius 3 is 2.76 bits per heavy atom. The van der Waals surface area contributed by atoms with E-state index in [9.17, 15) is 9.90 Å². The van der Waals surface area contributed by atoms with Crippen LogP contribution in [0.15, 0.2) is 23.0 Å². The summed E-state index contributed by atoms with van der Waals surface area (Å²) in [5.74, 6) is 0.885. The standard InChI is InChI=1S/C26H38N6O2/c1-4-9-23(25-28-29-30-32(25)22-10-6-5-7-11-22)31(14-8-15-33)17-21-16-20-13-12-18(2)19(3)24(20)27-26(21)34/h12-13,16,22-23,33H,4-11,14-15,17H2,1-3H3,(H,27,34)/t23-/m0/s1. The number of aromatic amines is 1. The summed E-state index contributed by atoms with van der Waals surface area (Å²) in [6.07, 6.45) is 8.41. The monoisotopic (exact) mass is 466 g/mol. The van der Waals surface area contributed by atoms with Gasteiger partial charge in [-0.15, -0.1) is 5.10 Å². The van der Waals surface area contributed by atoms with Crippen molar-refractivity contribution in [1.82, 2.24) is 30.1 Å². The molecule has 0 bridgehead atoms. The van der Waals surface area contributed by atoms with Crippen LogP contribution < -0.4 is 5.56 Å². The molecule has 1 saturated carbocycles. The number of aliphatic hydroxyl groups excluding tert-OH is 1. The van der Waals surface area contributed by atoms with Crippen LogP contribution in [0.4, 0.5) is 0 Å². The van der Waals surface area contributed by atoms with Crippen molar-refractivity contribution < 1.29 is 5.11 Å². The fourth-order valence-electron chi connectivity index (χ4n) is 5.28. The smallest absolute Gasteiger partial charge is 0.252 e. The first kappa shape index (κ1) is 24.5. The van der Waals surface area contributed by atoms with Crippen LogP contribution in [-0.2, 0) is 6.54 Å². The molecule has 8 heteroatoms. The molecule has 2 N–H and O–H groups in total. The molecule has 184 valence electrons. The van der Waals surface area contributed by atoms with Gasteiger partial charge in [-0.2, -0.15) is 0 Å². The van der Waals surface area contributed by atoms with Crippen LogP contribution in [0.3, 0.4) is 0 Å². The van der Waals surface area contributed by atoms with E-state index < -0.39 is 0 Å². The average molecular weight is 467 g/mol. The van der Waals surface area contributed by atoms with Gasteiger partial charge in [-0.1, -0.05) is 44.7 Å². The summed E-state index contributed by atoms with van der Waals surface area (Å²) < 4.78 is 2.04. The number of aromatic nitrogens is 5. The lowest BCUT2D eigenvalue weighted by Gasteiger charge is -2.32. The van der Waals surface area contributed by atoms with Gasteiger partial charge < -0.3 is 10.1 Å². The van der Waals surface area contributed by atoms with Crippen molar-refractivity contribution in [3.63, 3.8) is 0 Å². The number of hydrogen-bond donors (Lipinski definition) is 2. The molecule has 1 fully saturated rings. The predicted octanol–water partition coefficient (Wildman–Crippen LogP) is 4.36. The number of rotatable bonds is 10. The average Bonchev–Trinajstić information content (AvgIpc) is 3.34. The molecular weight excluding hydrogens is 428 g/mol. The molecule has 0 amide bonds. The van der Waals surface area contributed by atoms with Gasteiger partial charge in [-0.3, -0.25) is 9.69 Å². The van der Waals surface area contributed by atoms with Gasteiger partial charge in [0.15, 0.2) is 5.82 Å². The number of aryl methyl sites for hydroxylation is 2. The predicted molar refractivity (Wildman–Crippen MR) is 134 cm³/mol. The van der Waals surface area contributed by atoms with Crippen molar-refractivity contribution in [3.8, 4) is 0 Å². The lowest BCUT2D eigenvalue weighted by Crippen LogP contribution is -2.34. The number of nitrogens with one attached hydrogen (secondary N) is 1.